The normalized spacial score (nSPS) is 23.8. The van der Waals surface area contributed by atoms with Gasteiger partial charge in [0.25, 0.3) is 5.24 Å². The number of rotatable bonds is 4. The Kier molecular flexibility index (Phi) is 4.68. The first kappa shape index (κ1) is 14.2. The first-order valence-electron chi connectivity index (χ1n) is 6.50. The zero-order chi connectivity index (χ0) is 13.8. The molecule has 2 heterocycles. The molecule has 6 nitrogen and oxygen atoms in total. The number of aliphatic carboxylic acids is 1. The Bertz CT molecular complexity index is 388. The van der Waals surface area contributed by atoms with Crippen LogP contribution in [0, 0.1) is 5.92 Å². The van der Waals surface area contributed by atoms with Gasteiger partial charge in [0.2, 0.25) is 5.91 Å². The van der Waals surface area contributed by atoms with Crippen molar-refractivity contribution < 1.29 is 19.5 Å². The van der Waals surface area contributed by atoms with Crippen LogP contribution in [0.2, 0.25) is 0 Å². The molecular formula is C12H18N2O4S. The summed E-state index contributed by atoms with van der Waals surface area (Å²) in [5.74, 6) is -0.529. The molecule has 0 aliphatic carbocycles. The van der Waals surface area contributed by atoms with Gasteiger partial charge in [0.05, 0.1) is 5.92 Å². The number of carboxylic acids is 1. The van der Waals surface area contributed by atoms with Crippen molar-refractivity contribution in [3.63, 3.8) is 0 Å². The van der Waals surface area contributed by atoms with Crippen LogP contribution in [-0.4, -0.2) is 64.0 Å². The number of hydrogen-bond acceptors (Lipinski definition) is 4. The highest BCUT2D eigenvalue weighted by Gasteiger charge is 2.29. The molecule has 2 amide bonds. The van der Waals surface area contributed by atoms with Gasteiger partial charge in [-0.1, -0.05) is 11.8 Å². The van der Waals surface area contributed by atoms with Gasteiger partial charge in [-0.05, 0) is 12.8 Å². The van der Waals surface area contributed by atoms with E-state index in [0.717, 1.165) is 12.2 Å². The number of thioether (sulfide) groups is 1. The largest absolute Gasteiger partial charge is 0.481 e. The van der Waals surface area contributed by atoms with E-state index in [1.54, 1.807) is 9.80 Å². The van der Waals surface area contributed by atoms with Crippen LogP contribution in [-0.2, 0) is 9.59 Å². The first-order valence-corrected chi connectivity index (χ1v) is 7.49. The second kappa shape index (κ2) is 6.27. The third kappa shape index (κ3) is 3.62. The van der Waals surface area contributed by atoms with Crippen molar-refractivity contribution in [1.29, 1.82) is 0 Å². The first-order chi connectivity index (χ1) is 9.08. The zero-order valence-corrected chi connectivity index (χ0v) is 11.5. The number of nitrogens with zero attached hydrogens (tertiary/aromatic N) is 2. The monoisotopic (exact) mass is 286 g/mol. The number of hydrogen-bond donors (Lipinski definition) is 1. The molecule has 0 aromatic heterocycles. The van der Waals surface area contributed by atoms with Crippen molar-refractivity contribution in [1.82, 2.24) is 9.80 Å². The summed E-state index contributed by atoms with van der Waals surface area (Å²) in [5, 5.41) is 9.02. The van der Waals surface area contributed by atoms with Gasteiger partial charge in [-0.15, -0.1) is 0 Å². The minimum atomic E-state index is -0.830. The molecule has 2 aliphatic rings. The van der Waals surface area contributed by atoms with E-state index < -0.39 is 11.9 Å². The molecule has 2 fully saturated rings. The van der Waals surface area contributed by atoms with Crippen molar-refractivity contribution in [2.24, 2.45) is 5.92 Å². The lowest BCUT2D eigenvalue weighted by Crippen LogP contribution is -2.43. The predicted octanol–water partition coefficient (Wildman–Crippen LogP) is 0.869. The van der Waals surface area contributed by atoms with Gasteiger partial charge in [-0.3, -0.25) is 14.4 Å². The van der Waals surface area contributed by atoms with Crippen molar-refractivity contribution in [2.75, 3.05) is 31.9 Å². The summed E-state index contributed by atoms with van der Waals surface area (Å²) in [6.45, 7) is 2.08. The minimum Gasteiger partial charge on any atom is -0.481 e. The molecule has 7 heteroatoms. The van der Waals surface area contributed by atoms with Crippen LogP contribution in [0.25, 0.3) is 0 Å². The minimum absolute atomic E-state index is 0.0369. The third-order valence-corrected chi connectivity index (χ3v) is 4.46. The van der Waals surface area contributed by atoms with Crippen LogP contribution in [0.4, 0.5) is 4.79 Å². The highest BCUT2D eigenvalue weighted by molar-refractivity contribution is 8.13. The van der Waals surface area contributed by atoms with Gasteiger partial charge in [-0.2, -0.15) is 0 Å². The molecule has 1 atom stereocenters. The molecule has 0 spiro atoms. The highest BCUT2D eigenvalue weighted by atomic mass is 32.2. The SMILES string of the molecule is O=C(O)[C@@H]1CCCN(C(=O)CCN2CCSC2=O)C1. The summed E-state index contributed by atoms with van der Waals surface area (Å²) in [5.41, 5.74) is 0. The fraction of sp³-hybridized carbons (Fsp3) is 0.750. The Labute approximate surface area is 116 Å². The van der Waals surface area contributed by atoms with E-state index in [1.165, 1.54) is 11.8 Å². The molecule has 0 bridgehead atoms. The Hall–Kier alpha value is -1.24. The van der Waals surface area contributed by atoms with E-state index in [1.807, 2.05) is 0 Å². The molecular weight excluding hydrogens is 268 g/mol. The van der Waals surface area contributed by atoms with Gasteiger partial charge in [0.1, 0.15) is 0 Å². The summed E-state index contributed by atoms with van der Waals surface area (Å²) in [6, 6.07) is 0. The fourth-order valence-corrected chi connectivity index (χ4v) is 3.27. The predicted molar refractivity (Wildman–Crippen MR) is 71.0 cm³/mol. The van der Waals surface area contributed by atoms with Crippen molar-refractivity contribution in [3.8, 4) is 0 Å². The summed E-state index contributed by atoms with van der Waals surface area (Å²) >= 11 is 1.28. The van der Waals surface area contributed by atoms with E-state index in [-0.39, 0.29) is 11.1 Å². The van der Waals surface area contributed by atoms with Gasteiger partial charge < -0.3 is 14.9 Å². The lowest BCUT2D eigenvalue weighted by molar-refractivity contribution is -0.145. The lowest BCUT2D eigenvalue weighted by Gasteiger charge is -2.31. The maximum atomic E-state index is 12.0. The second-order valence-corrected chi connectivity index (χ2v) is 5.91. The van der Waals surface area contributed by atoms with Crippen molar-refractivity contribution in [2.45, 2.75) is 19.3 Å². The number of carbonyl (C=O) groups excluding carboxylic acids is 2. The second-order valence-electron chi connectivity index (χ2n) is 4.87. The maximum Gasteiger partial charge on any atom is 0.308 e. The Morgan fingerprint density at radius 2 is 2.16 bits per heavy atom. The summed E-state index contributed by atoms with van der Waals surface area (Å²) in [4.78, 5) is 37.7. The van der Waals surface area contributed by atoms with Crippen LogP contribution in [0.15, 0.2) is 0 Å². The van der Waals surface area contributed by atoms with Gasteiger partial charge in [0, 0.05) is 38.4 Å². The molecule has 1 N–H and O–H groups in total. The van der Waals surface area contributed by atoms with Crippen LogP contribution < -0.4 is 0 Å². The molecule has 0 unspecified atom stereocenters. The summed E-state index contributed by atoms with van der Waals surface area (Å²) in [7, 11) is 0. The van der Waals surface area contributed by atoms with Crippen LogP contribution in [0.3, 0.4) is 0 Å². The molecule has 106 valence electrons. The van der Waals surface area contributed by atoms with Gasteiger partial charge >= 0.3 is 5.97 Å². The standard InChI is InChI=1S/C12H18N2O4S/c15-10(3-5-13-6-7-19-12(13)18)14-4-1-2-9(8-14)11(16)17/h9H,1-8H2,(H,16,17)/t9-/m1/s1. The summed E-state index contributed by atoms with van der Waals surface area (Å²) < 4.78 is 0. The van der Waals surface area contributed by atoms with Crippen LogP contribution >= 0.6 is 11.8 Å². The Morgan fingerprint density at radius 3 is 2.79 bits per heavy atom. The number of amides is 2. The lowest BCUT2D eigenvalue weighted by atomic mass is 9.98. The number of carboxylic acid groups (broad SMARTS) is 1. The molecule has 2 aliphatic heterocycles. The quantitative estimate of drug-likeness (QED) is 0.829. The maximum absolute atomic E-state index is 12.0. The molecule has 19 heavy (non-hydrogen) atoms. The molecule has 0 aromatic carbocycles. The van der Waals surface area contributed by atoms with Crippen LogP contribution in [0.5, 0.6) is 0 Å². The topological polar surface area (TPSA) is 77.9 Å². The third-order valence-electron chi connectivity index (χ3n) is 3.56. The van der Waals surface area contributed by atoms with Gasteiger partial charge in [-0.25, -0.2) is 0 Å². The zero-order valence-electron chi connectivity index (χ0n) is 10.7. The fourth-order valence-electron chi connectivity index (χ4n) is 2.42. The average molecular weight is 286 g/mol. The molecule has 0 saturated carbocycles. The van der Waals surface area contributed by atoms with Crippen molar-refractivity contribution in [3.05, 3.63) is 0 Å². The van der Waals surface area contributed by atoms with E-state index in [9.17, 15) is 14.4 Å². The van der Waals surface area contributed by atoms with E-state index in [2.05, 4.69) is 0 Å². The smallest absolute Gasteiger partial charge is 0.308 e. The molecule has 2 rings (SSSR count). The average Bonchev–Trinajstić information content (AvgIpc) is 2.81. The van der Waals surface area contributed by atoms with E-state index in [4.69, 9.17) is 5.11 Å². The number of likely N-dealkylation sites (tertiary alicyclic amines) is 1. The van der Waals surface area contributed by atoms with Crippen molar-refractivity contribution >= 4 is 28.9 Å². The summed E-state index contributed by atoms with van der Waals surface area (Å²) in [6.07, 6.45) is 1.67. The highest BCUT2D eigenvalue weighted by Crippen LogP contribution is 2.19. The van der Waals surface area contributed by atoms with Crippen LogP contribution in [0.1, 0.15) is 19.3 Å². The van der Waals surface area contributed by atoms with E-state index >= 15 is 0 Å². The Morgan fingerprint density at radius 1 is 1.37 bits per heavy atom. The molecule has 2 saturated heterocycles. The van der Waals surface area contributed by atoms with E-state index in [0.29, 0.717) is 39.0 Å². The number of carbonyl (C=O) groups is 3. The molecule has 0 aromatic rings. The Balaban J connectivity index is 1.79. The molecule has 0 radical (unpaired) electrons. The number of piperidine rings is 1. The van der Waals surface area contributed by atoms with Gasteiger partial charge in [0.15, 0.2) is 0 Å².